The minimum absolute atomic E-state index is 0.298. The minimum atomic E-state index is 0.298. The number of nitrogens with two attached hydrogens (primary N) is 1. The molecule has 0 saturated heterocycles. The molecule has 3 aromatic carbocycles. The molecule has 0 atom stereocenters. The third kappa shape index (κ3) is 3.46. The van der Waals surface area contributed by atoms with Gasteiger partial charge in [0.1, 0.15) is 23.5 Å². The van der Waals surface area contributed by atoms with Crippen molar-refractivity contribution in [2.45, 2.75) is 0 Å². The van der Waals surface area contributed by atoms with Crippen LogP contribution in [0.4, 0.5) is 17.2 Å². The van der Waals surface area contributed by atoms with E-state index in [4.69, 9.17) is 15.2 Å². The van der Waals surface area contributed by atoms with Crippen molar-refractivity contribution in [2.24, 2.45) is 0 Å². The molecular formula is C21H18N4O2. The summed E-state index contributed by atoms with van der Waals surface area (Å²) in [6.45, 7) is 0. The maximum atomic E-state index is 6.25. The summed E-state index contributed by atoms with van der Waals surface area (Å²) in [6.07, 6.45) is 1.42. The molecule has 0 aliphatic rings. The summed E-state index contributed by atoms with van der Waals surface area (Å²) < 4.78 is 11.2. The van der Waals surface area contributed by atoms with Crippen LogP contribution in [0.3, 0.4) is 0 Å². The number of aromatic nitrogens is 2. The molecule has 4 rings (SSSR count). The van der Waals surface area contributed by atoms with E-state index < -0.39 is 0 Å². The van der Waals surface area contributed by atoms with E-state index in [0.29, 0.717) is 23.1 Å². The summed E-state index contributed by atoms with van der Waals surface area (Å²) in [5.74, 6) is 2.19. The molecule has 0 aliphatic heterocycles. The van der Waals surface area contributed by atoms with Gasteiger partial charge in [-0.15, -0.1) is 0 Å². The zero-order chi connectivity index (χ0) is 18.6. The van der Waals surface area contributed by atoms with Crippen molar-refractivity contribution >= 4 is 28.0 Å². The first-order chi connectivity index (χ1) is 13.2. The summed E-state index contributed by atoms with van der Waals surface area (Å²) in [6, 6.07) is 21.3. The summed E-state index contributed by atoms with van der Waals surface area (Å²) in [5, 5.41) is 5.24. The van der Waals surface area contributed by atoms with Crippen molar-refractivity contribution in [1.82, 2.24) is 9.97 Å². The van der Waals surface area contributed by atoms with E-state index in [0.717, 1.165) is 22.2 Å². The third-order valence-electron chi connectivity index (χ3n) is 4.14. The number of fused-ring (bicyclic) bond motifs is 1. The van der Waals surface area contributed by atoms with Gasteiger partial charge in [0.25, 0.3) is 0 Å². The predicted molar refractivity (Wildman–Crippen MR) is 107 cm³/mol. The highest BCUT2D eigenvalue weighted by atomic mass is 16.5. The number of nitrogen functional groups attached to an aromatic ring is 1. The van der Waals surface area contributed by atoms with Crippen LogP contribution >= 0.6 is 0 Å². The van der Waals surface area contributed by atoms with E-state index >= 15 is 0 Å². The van der Waals surface area contributed by atoms with Crippen LogP contribution in [0.2, 0.25) is 0 Å². The molecule has 0 aliphatic carbocycles. The molecule has 6 heteroatoms. The van der Waals surface area contributed by atoms with E-state index in [1.54, 1.807) is 7.11 Å². The summed E-state index contributed by atoms with van der Waals surface area (Å²) in [5.41, 5.74) is 7.38. The molecule has 0 unspecified atom stereocenters. The first-order valence-electron chi connectivity index (χ1n) is 8.42. The molecule has 134 valence electrons. The lowest BCUT2D eigenvalue weighted by Gasteiger charge is -2.13. The molecule has 0 bridgehead atoms. The van der Waals surface area contributed by atoms with Gasteiger partial charge in [0, 0.05) is 17.1 Å². The fraction of sp³-hybridized carbons (Fsp3) is 0.0476. The van der Waals surface area contributed by atoms with Crippen LogP contribution in [0.5, 0.6) is 17.4 Å². The van der Waals surface area contributed by atoms with E-state index in [1.165, 1.54) is 6.33 Å². The third-order valence-corrected chi connectivity index (χ3v) is 4.14. The maximum absolute atomic E-state index is 6.25. The molecular weight excluding hydrogens is 340 g/mol. The van der Waals surface area contributed by atoms with Gasteiger partial charge in [0.05, 0.1) is 7.11 Å². The van der Waals surface area contributed by atoms with Crippen LogP contribution < -0.4 is 20.5 Å². The molecule has 0 fully saturated rings. The highest BCUT2D eigenvalue weighted by Gasteiger charge is 2.12. The SMILES string of the molecule is COc1cccc(Nc2ncnc(Oc3cccc4ccccc34)c2N)c1. The van der Waals surface area contributed by atoms with Gasteiger partial charge in [0.2, 0.25) is 5.88 Å². The number of hydrogen-bond donors (Lipinski definition) is 2. The molecule has 27 heavy (non-hydrogen) atoms. The Hall–Kier alpha value is -3.80. The lowest BCUT2D eigenvalue weighted by molar-refractivity contribution is 0.415. The quantitative estimate of drug-likeness (QED) is 0.535. The number of benzene rings is 3. The Labute approximate surface area is 156 Å². The second-order valence-corrected chi connectivity index (χ2v) is 5.88. The number of nitrogens with one attached hydrogen (secondary N) is 1. The predicted octanol–water partition coefficient (Wildman–Crippen LogP) is 4.76. The first kappa shape index (κ1) is 16.7. The highest BCUT2D eigenvalue weighted by molar-refractivity contribution is 5.88. The molecule has 0 saturated carbocycles. The van der Waals surface area contributed by atoms with Gasteiger partial charge in [-0.1, -0.05) is 42.5 Å². The fourth-order valence-corrected chi connectivity index (χ4v) is 2.79. The van der Waals surface area contributed by atoms with Gasteiger partial charge in [-0.2, -0.15) is 4.98 Å². The van der Waals surface area contributed by atoms with E-state index in [1.807, 2.05) is 66.7 Å². The fourth-order valence-electron chi connectivity index (χ4n) is 2.79. The lowest BCUT2D eigenvalue weighted by atomic mass is 10.1. The summed E-state index contributed by atoms with van der Waals surface area (Å²) >= 11 is 0. The largest absolute Gasteiger partial charge is 0.497 e. The molecule has 0 amide bonds. The van der Waals surface area contributed by atoms with Crippen molar-refractivity contribution < 1.29 is 9.47 Å². The second-order valence-electron chi connectivity index (χ2n) is 5.88. The maximum Gasteiger partial charge on any atom is 0.248 e. The van der Waals surface area contributed by atoms with Crippen LogP contribution in [0, 0.1) is 0 Å². The Morgan fingerprint density at radius 2 is 1.74 bits per heavy atom. The highest BCUT2D eigenvalue weighted by Crippen LogP contribution is 2.34. The molecule has 6 nitrogen and oxygen atoms in total. The Kier molecular flexibility index (Phi) is 4.45. The van der Waals surface area contributed by atoms with Crippen molar-refractivity contribution in [3.8, 4) is 17.4 Å². The number of hydrogen-bond acceptors (Lipinski definition) is 6. The lowest BCUT2D eigenvalue weighted by Crippen LogP contribution is -2.03. The Morgan fingerprint density at radius 1 is 0.926 bits per heavy atom. The van der Waals surface area contributed by atoms with Crippen molar-refractivity contribution in [2.75, 3.05) is 18.2 Å². The Bertz CT molecular complexity index is 1090. The van der Waals surface area contributed by atoms with Crippen molar-refractivity contribution in [3.63, 3.8) is 0 Å². The molecule has 3 N–H and O–H groups in total. The normalized spacial score (nSPS) is 10.6. The van der Waals surface area contributed by atoms with Gasteiger partial charge in [-0.05, 0) is 23.6 Å². The van der Waals surface area contributed by atoms with E-state index in [-0.39, 0.29) is 0 Å². The van der Waals surface area contributed by atoms with Crippen LogP contribution in [-0.4, -0.2) is 17.1 Å². The standard InChI is InChI=1S/C21H18N4O2/c1-26-16-9-5-8-15(12-16)25-20-19(22)21(24-13-23-20)27-18-11-4-7-14-6-2-3-10-17(14)18/h2-13H,22H2,1H3,(H,23,24,25). The molecule has 1 aromatic heterocycles. The Morgan fingerprint density at radius 3 is 2.63 bits per heavy atom. The first-order valence-corrected chi connectivity index (χ1v) is 8.42. The van der Waals surface area contributed by atoms with Gasteiger partial charge >= 0.3 is 0 Å². The van der Waals surface area contributed by atoms with Crippen molar-refractivity contribution in [1.29, 1.82) is 0 Å². The molecule has 0 spiro atoms. The minimum Gasteiger partial charge on any atom is -0.497 e. The van der Waals surface area contributed by atoms with E-state index in [2.05, 4.69) is 15.3 Å². The molecule has 0 radical (unpaired) electrons. The van der Waals surface area contributed by atoms with Gasteiger partial charge in [-0.25, -0.2) is 4.98 Å². The van der Waals surface area contributed by atoms with Crippen LogP contribution in [0.25, 0.3) is 10.8 Å². The zero-order valence-electron chi connectivity index (χ0n) is 14.7. The van der Waals surface area contributed by atoms with Crippen molar-refractivity contribution in [3.05, 3.63) is 73.1 Å². The van der Waals surface area contributed by atoms with Crippen LogP contribution in [0.1, 0.15) is 0 Å². The number of anilines is 3. The summed E-state index contributed by atoms with van der Waals surface area (Å²) in [7, 11) is 1.62. The number of nitrogens with zero attached hydrogens (tertiary/aromatic N) is 2. The van der Waals surface area contributed by atoms with Crippen LogP contribution in [0.15, 0.2) is 73.1 Å². The van der Waals surface area contributed by atoms with Gasteiger partial charge in [0.15, 0.2) is 5.82 Å². The smallest absolute Gasteiger partial charge is 0.248 e. The van der Waals surface area contributed by atoms with Gasteiger partial charge in [-0.3, -0.25) is 0 Å². The van der Waals surface area contributed by atoms with E-state index in [9.17, 15) is 0 Å². The molecule has 4 aromatic rings. The average molecular weight is 358 g/mol. The number of rotatable bonds is 5. The number of methoxy groups -OCH3 is 1. The number of ether oxygens (including phenoxy) is 2. The van der Waals surface area contributed by atoms with Crippen LogP contribution in [-0.2, 0) is 0 Å². The zero-order valence-corrected chi connectivity index (χ0v) is 14.7. The average Bonchev–Trinajstić information content (AvgIpc) is 2.71. The molecule has 1 heterocycles. The Balaban J connectivity index is 1.65. The summed E-state index contributed by atoms with van der Waals surface area (Å²) in [4.78, 5) is 8.42. The topological polar surface area (TPSA) is 82.3 Å². The second kappa shape index (κ2) is 7.21. The van der Waals surface area contributed by atoms with Gasteiger partial charge < -0.3 is 20.5 Å². The monoisotopic (exact) mass is 358 g/mol.